The van der Waals surface area contributed by atoms with Crippen molar-refractivity contribution in [3.63, 3.8) is 0 Å². The summed E-state index contributed by atoms with van der Waals surface area (Å²) in [7, 11) is 1.59. The van der Waals surface area contributed by atoms with Gasteiger partial charge < -0.3 is 4.74 Å². The van der Waals surface area contributed by atoms with Crippen LogP contribution >= 0.6 is 0 Å². The van der Waals surface area contributed by atoms with E-state index in [0.717, 1.165) is 18.4 Å². The molecule has 1 aromatic rings. The van der Waals surface area contributed by atoms with Gasteiger partial charge in [0.25, 0.3) is 0 Å². The third-order valence-electron chi connectivity index (χ3n) is 2.47. The van der Waals surface area contributed by atoms with Crippen molar-refractivity contribution in [2.75, 3.05) is 7.11 Å². The molecule has 1 aliphatic rings. The van der Waals surface area contributed by atoms with E-state index in [0.29, 0.717) is 5.75 Å². The number of methoxy groups -OCH3 is 1. The SMILES string of the molecule is COc1cncc(C2(N=C=O)CC2)c1. The quantitative estimate of drug-likeness (QED) is 0.535. The minimum Gasteiger partial charge on any atom is -0.495 e. The van der Waals surface area contributed by atoms with Gasteiger partial charge in [-0.25, -0.2) is 4.79 Å². The Balaban J connectivity index is 2.36. The van der Waals surface area contributed by atoms with Gasteiger partial charge in [-0.05, 0) is 18.9 Å². The number of hydrogen-bond acceptors (Lipinski definition) is 4. The van der Waals surface area contributed by atoms with Crippen LogP contribution in [0.3, 0.4) is 0 Å². The van der Waals surface area contributed by atoms with E-state index in [9.17, 15) is 4.79 Å². The fourth-order valence-electron chi connectivity index (χ4n) is 1.46. The Bertz CT molecular complexity index is 393. The maximum atomic E-state index is 10.2. The van der Waals surface area contributed by atoms with Crippen LogP contribution in [0, 0.1) is 0 Å². The van der Waals surface area contributed by atoms with Gasteiger partial charge in [0.15, 0.2) is 0 Å². The summed E-state index contributed by atoms with van der Waals surface area (Å²) < 4.78 is 5.05. The lowest BCUT2D eigenvalue weighted by molar-refractivity contribution is 0.411. The second kappa shape index (κ2) is 3.24. The van der Waals surface area contributed by atoms with E-state index in [-0.39, 0.29) is 5.54 Å². The number of pyridine rings is 1. The molecule has 0 amide bonds. The summed E-state index contributed by atoms with van der Waals surface area (Å²) in [5.41, 5.74) is 0.573. The first-order chi connectivity index (χ1) is 6.80. The molecule has 1 aliphatic carbocycles. The Hall–Kier alpha value is -1.67. The molecule has 1 aromatic heterocycles. The summed E-state index contributed by atoms with van der Waals surface area (Å²) in [6, 6.07) is 1.86. The summed E-state index contributed by atoms with van der Waals surface area (Å²) in [4.78, 5) is 18.1. The van der Waals surface area contributed by atoms with Gasteiger partial charge in [0.2, 0.25) is 6.08 Å². The molecule has 2 rings (SSSR count). The molecule has 0 saturated heterocycles. The average Bonchev–Trinajstić information content (AvgIpc) is 3.00. The lowest BCUT2D eigenvalue weighted by Crippen LogP contribution is -2.03. The minimum atomic E-state index is -0.358. The Morgan fingerprint density at radius 1 is 1.57 bits per heavy atom. The summed E-state index contributed by atoms with van der Waals surface area (Å²) in [6.45, 7) is 0. The van der Waals surface area contributed by atoms with Gasteiger partial charge in [0.1, 0.15) is 11.3 Å². The highest BCUT2D eigenvalue weighted by Gasteiger charge is 2.45. The molecule has 72 valence electrons. The van der Waals surface area contributed by atoms with E-state index in [2.05, 4.69) is 9.98 Å². The van der Waals surface area contributed by atoms with E-state index >= 15 is 0 Å². The second-order valence-corrected chi connectivity index (χ2v) is 3.35. The van der Waals surface area contributed by atoms with Crippen LogP contribution in [0.4, 0.5) is 0 Å². The summed E-state index contributed by atoms with van der Waals surface area (Å²) in [5.74, 6) is 0.690. The maximum absolute atomic E-state index is 10.2. The van der Waals surface area contributed by atoms with E-state index in [1.807, 2.05) is 6.07 Å². The van der Waals surface area contributed by atoms with Crippen LogP contribution in [-0.2, 0) is 10.3 Å². The predicted octanol–water partition coefficient (Wildman–Crippen LogP) is 1.42. The molecule has 1 heterocycles. The molecule has 0 atom stereocenters. The Kier molecular flexibility index (Phi) is 2.06. The number of aliphatic imine (C=N–C) groups is 1. The van der Waals surface area contributed by atoms with Gasteiger partial charge in [0.05, 0.1) is 13.3 Å². The molecule has 1 fully saturated rings. The molecular weight excluding hydrogens is 180 g/mol. The van der Waals surface area contributed by atoms with Crippen molar-refractivity contribution >= 4 is 6.08 Å². The van der Waals surface area contributed by atoms with Crippen LogP contribution in [0.15, 0.2) is 23.5 Å². The normalized spacial score (nSPS) is 16.9. The molecule has 1 saturated carbocycles. The Labute approximate surface area is 81.6 Å². The highest BCUT2D eigenvalue weighted by molar-refractivity contribution is 5.42. The van der Waals surface area contributed by atoms with Crippen molar-refractivity contribution in [2.45, 2.75) is 18.4 Å². The molecule has 4 nitrogen and oxygen atoms in total. The van der Waals surface area contributed by atoms with Crippen molar-refractivity contribution in [2.24, 2.45) is 4.99 Å². The van der Waals surface area contributed by atoms with E-state index in [1.165, 1.54) is 0 Å². The predicted molar refractivity (Wildman–Crippen MR) is 49.8 cm³/mol. The number of carbonyl (C=O) groups excluding carboxylic acids is 1. The lowest BCUT2D eigenvalue weighted by Gasteiger charge is -2.08. The zero-order valence-electron chi connectivity index (χ0n) is 7.86. The second-order valence-electron chi connectivity index (χ2n) is 3.35. The molecule has 14 heavy (non-hydrogen) atoms. The fourth-order valence-corrected chi connectivity index (χ4v) is 1.46. The summed E-state index contributed by atoms with van der Waals surface area (Å²) in [6.07, 6.45) is 6.73. The zero-order valence-corrected chi connectivity index (χ0v) is 7.86. The van der Waals surface area contributed by atoms with Gasteiger partial charge in [-0.2, -0.15) is 4.99 Å². The first-order valence-corrected chi connectivity index (χ1v) is 4.39. The molecule has 0 aromatic carbocycles. The first-order valence-electron chi connectivity index (χ1n) is 4.39. The molecule has 0 N–H and O–H groups in total. The van der Waals surface area contributed by atoms with Crippen molar-refractivity contribution in [1.82, 2.24) is 4.98 Å². The standard InChI is InChI=1S/C10H10N2O2/c1-14-9-4-8(5-11-6-9)10(2-3-10)12-7-13/h4-6H,2-3H2,1H3. The maximum Gasteiger partial charge on any atom is 0.235 e. The van der Waals surface area contributed by atoms with Gasteiger partial charge >= 0.3 is 0 Å². The largest absolute Gasteiger partial charge is 0.495 e. The van der Waals surface area contributed by atoms with Crippen LogP contribution in [0.2, 0.25) is 0 Å². The van der Waals surface area contributed by atoms with Crippen LogP contribution in [0.5, 0.6) is 5.75 Å². The van der Waals surface area contributed by atoms with Gasteiger partial charge in [-0.3, -0.25) is 4.98 Å². The summed E-state index contributed by atoms with van der Waals surface area (Å²) >= 11 is 0. The Morgan fingerprint density at radius 3 is 2.93 bits per heavy atom. The molecule has 0 radical (unpaired) electrons. The molecular formula is C10H10N2O2. The third kappa shape index (κ3) is 1.40. The van der Waals surface area contributed by atoms with E-state index in [4.69, 9.17) is 4.74 Å². The van der Waals surface area contributed by atoms with E-state index < -0.39 is 0 Å². The van der Waals surface area contributed by atoms with Crippen LogP contribution in [0.25, 0.3) is 0 Å². The average molecular weight is 190 g/mol. The van der Waals surface area contributed by atoms with Crippen molar-refractivity contribution in [3.8, 4) is 5.75 Å². The first kappa shape index (κ1) is 8.91. The minimum absolute atomic E-state index is 0.358. The van der Waals surface area contributed by atoms with Crippen LogP contribution < -0.4 is 4.74 Å². The van der Waals surface area contributed by atoms with Crippen molar-refractivity contribution in [1.29, 1.82) is 0 Å². The zero-order chi connectivity index (χ0) is 10.0. The molecule has 0 aliphatic heterocycles. The van der Waals surface area contributed by atoms with Crippen molar-refractivity contribution < 1.29 is 9.53 Å². The number of nitrogens with zero attached hydrogens (tertiary/aromatic N) is 2. The molecule has 0 spiro atoms. The topological polar surface area (TPSA) is 51.6 Å². The molecule has 0 unspecified atom stereocenters. The number of ether oxygens (including phenoxy) is 1. The van der Waals surface area contributed by atoms with Crippen LogP contribution in [0.1, 0.15) is 18.4 Å². The number of isocyanates is 1. The van der Waals surface area contributed by atoms with Crippen LogP contribution in [-0.4, -0.2) is 18.2 Å². The monoisotopic (exact) mass is 190 g/mol. The van der Waals surface area contributed by atoms with Gasteiger partial charge in [0, 0.05) is 11.8 Å². The third-order valence-corrected chi connectivity index (χ3v) is 2.47. The molecule has 4 heteroatoms. The number of rotatable bonds is 3. The van der Waals surface area contributed by atoms with E-state index in [1.54, 1.807) is 25.6 Å². The highest BCUT2D eigenvalue weighted by Crippen LogP contribution is 2.49. The van der Waals surface area contributed by atoms with Gasteiger partial charge in [-0.15, -0.1) is 0 Å². The number of hydrogen-bond donors (Lipinski definition) is 0. The van der Waals surface area contributed by atoms with Gasteiger partial charge in [-0.1, -0.05) is 0 Å². The fraction of sp³-hybridized carbons (Fsp3) is 0.400. The Morgan fingerprint density at radius 2 is 2.36 bits per heavy atom. The highest BCUT2D eigenvalue weighted by atomic mass is 16.5. The lowest BCUT2D eigenvalue weighted by atomic mass is 10.1. The summed E-state index contributed by atoms with van der Waals surface area (Å²) in [5, 5.41) is 0. The molecule has 0 bridgehead atoms. The van der Waals surface area contributed by atoms with Crippen molar-refractivity contribution in [3.05, 3.63) is 24.0 Å². The number of aromatic nitrogens is 1. The smallest absolute Gasteiger partial charge is 0.235 e.